The smallest absolute Gasteiger partial charge is 0.311 e. The zero-order chi connectivity index (χ0) is 22.3. The number of esters is 1. The highest BCUT2D eigenvalue weighted by molar-refractivity contribution is 5.83. The van der Waals surface area contributed by atoms with E-state index >= 15 is 0 Å². The molecule has 0 saturated heterocycles. The van der Waals surface area contributed by atoms with Crippen molar-refractivity contribution in [1.82, 2.24) is 0 Å². The van der Waals surface area contributed by atoms with E-state index in [2.05, 4.69) is 6.58 Å². The van der Waals surface area contributed by atoms with Crippen LogP contribution >= 0.6 is 0 Å². The van der Waals surface area contributed by atoms with Gasteiger partial charge in [0.15, 0.2) is 23.0 Å². The number of methoxy groups -OCH3 is 4. The first kappa shape index (κ1) is 22.6. The summed E-state index contributed by atoms with van der Waals surface area (Å²) in [4.78, 5) is 22.6. The van der Waals surface area contributed by atoms with Crippen LogP contribution < -0.4 is 23.7 Å². The van der Waals surface area contributed by atoms with Crippen molar-refractivity contribution in [2.45, 2.75) is 12.8 Å². The quantitative estimate of drug-likeness (QED) is 0.464. The monoisotopic (exact) mass is 416 g/mol. The minimum atomic E-state index is -1.08. The Balaban J connectivity index is 2.38. The first-order valence-corrected chi connectivity index (χ1v) is 8.94. The summed E-state index contributed by atoms with van der Waals surface area (Å²) in [5, 5.41) is 8.72. The number of benzene rings is 2. The van der Waals surface area contributed by atoms with Crippen molar-refractivity contribution in [3.8, 4) is 28.7 Å². The van der Waals surface area contributed by atoms with E-state index in [0.29, 0.717) is 39.7 Å². The fourth-order valence-corrected chi connectivity index (χ4v) is 2.75. The van der Waals surface area contributed by atoms with Crippen LogP contribution in [0.2, 0.25) is 0 Å². The molecule has 1 N–H and O–H groups in total. The molecule has 0 saturated carbocycles. The number of hydrogen-bond donors (Lipinski definition) is 1. The van der Waals surface area contributed by atoms with Gasteiger partial charge in [-0.05, 0) is 41.0 Å². The molecule has 0 heterocycles. The average Bonchev–Trinajstić information content (AvgIpc) is 2.75. The van der Waals surface area contributed by atoms with Crippen molar-refractivity contribution in [3.05, 3.63) is 48.0 Å². The summed E-state index contributed by atoms with van der Waals surface area (Å²) >= 11 is 0. The Bertz CT molecular complexity index is 923. The first-order chi connectivity index (χ1) is 14.3. The van der Waals surface area contributed by atoms with Gasteiger partial charge in [0, 0.05) is 0 Å². The second-order valence-electron chi connectivity index (χ2n) is 6.13. The van der Waals surface area contributed by atoms with Gasteiger partial charge in [0.25, 0.3) is 0 Å². The summed E-state index contributed by atoms with van der Waals surface area (Å²) in [6.45, 7) is 4.13. The molecule has 0 fully saturated rings. The fraction of sp³-hybridized carbons (Fsp3) is 0.273. The van der Waals surface area contributed by atoms with Gasteiger partial charge >= 0.3 is 11.9 Å². The van der Waals surface area contributed by atoms with Crippen LogP contribution in [0.15, 0.2) is 36.9 Å². The maximum Gasteiger partial charge on any atom is 0.311 e. The molecule has 30 heavy (non-hydrogen) atoms. The van der Waals surface area contributed by atoms with E-state index in [1.165, 1.54) is 28.4 Å². The summed E-state index contributed by atoms with van der Waals surface area (Å²) in [5.41, 5.74) is 1.98. The molecule has 0 spiro atoms. The Morgan fingerprint density at radius 3 is 1.87 bits per heavy atom. The van der Waals surface area contributed by atoms with Crippen molar-refractivity contribution < 1.29 is 38.4 Å². The van der Waals surface area contributed by atoms with Gasteiger partial charge in [-0.15, -0.1) is 0 Å². The summed E-state index contributed by atoms with van der Waals surface area (Å²) in [5.74, 6) is 0.150. The van der Waals surface area contributed by atoms with E-state index in [9.17, 15) is 9.59 Å². The van der Waals surface area contributed by atoms with E-state index in [1.54, 1.807) is 30.3 Å². The van der Waals surface area contributed by atoms with Crippen LogP contribution in [0.25, 0.3) is 5.57 Å². The van der Waals surface area contributed by atoms with Crippen molar-refractivity contribution in [2.24, 2.45) is 0 Å². The Morgan fingerprint density at radius 2 is 1.37 bits per heavy atom. The van der Waals surface area contributed by atoms with Crippen LogP contribution in [0.3, 0.4) is 0 Å². The molecule has 2 aromatic rings. The van der Waals surface area contributed by atoms with Crippen molar-refractivity contribution in [2.75, 3.05) is 28.4 Å². The third-order valence-electron chi connectivity index (χ3n) is 4.29. The molecule has 8 nitrogen and oxygen atoms in total. The zero-order valence-electron chi connectivity index (χ0n) is 17.3. The molecule has 8 heteroatoms. The third kappa shape index (κ3) is 5.22. The van der Waals surface area contributed by atoms with Crippen molar-refractivity contribution in [3.63, 3.8) is 0 Å². The lowest BCUT2D eigenvalue weighted by molar-refractivity contribution is -0.142. The third-order valence-corrected chi connectivity index (χ3v) is 4.29. The molecule has 0 amide bonds. The highest BCUT2D eigenvalue weighted by Crippen LogP contribution is 2.41. The molecule has 0 atom stereocenters. The van der Waals surface area contributed by atoms with Crippen LogP contribution in [-0.2, 0) is 9.59 Å². The second kappa shape index (κ2) is 10.2. The molecule has 0 aromatic heterocycles. The van der Waals surface area contributed by atoms with Crippen molar-refractivity contribution >= 4 is 17.5 Å². The maximum absolute atomic E-state index is 12.0. The second-order valence-corrected chi connectivity index (χ2v) is 6.13. The van der Waals surface area contributed by atoms with Gasteiger partial charge in [-0.25, -0.2) is 0 Å². The Hall–Kier alpha value is -3.68. The molecule has 0 unspecified atom stereocenters. The van der Waals surface area contributed by atoms with Gasteiger partial charge in [0.05, 0.1) is 41.3 Å². The Kier molecular flexibility index (Phi) is 7.69. The lowest BCUT2D eigenvalue weighted by Crippen LogP contribution is -2.11. The molecule has 2 aromatic carbocycles. The van der Waals surface area contributed by atoms with E-state index in [-0.39, 0.29) is 18.6 Å². The summed E-state index contributed by atoms with van der Waals surface area (Å²) in [6, 6.07) is 8.51. The van der Waals surface area contributed by atoms with Crippen LogP contribution in [0.4, 0.5) is 0 Å². The molecule has 160 valence electrons. The van der Waals surface area contributed by atoms with Gasteiger partial charge in [0.2, 0.25) is 5.75 Å². The largest absolute Gasteiger partial charge is 0.493 e. The van der Waals surface area contributed by atoms with Gasteiger partial charge in [-0.1, -0.05) is 12.6 Å². The molecular formula is C22H24O8. The first-order valence-electron chi connectivity index (χ1n) is 8.94. The SMILES string of the molecule is C=C(c1ccc(OC)c(OC(=O)CCC(=O)O)c1)c1cc(OC)c(OC)c(OC)c1. The molecule has 0 radical (unpaired) electrons. The van der Waals surface area contributed by atoms with E-state index in [0.717, 1.165) is 0 Å². The topological polar surface area (TPSA) is 101 Å². The molecule has 2 rings (SSSR count). The molecular weight excluding hydrogens is 392 g/mol. The fourth-order valence-electron chi connectivity index (χ4n) is 2.75. The number of carboxylic acid groups (broad SMARTS) is 1. The number of carboxylic acids is 1. The van der Waals surface area contributed by atoms with Crippen LogP contribution in [0.1, 0.15) is 24.0 Å². The lowest BCUT2D eigenvalue weighted by Gasteiger charge is -2.16. The predicted molar refractivity (Wildman–Crippen MR) is 110 cm³/mol. The number of aliphatic carboxylic acids is 1. The molecule has 0 aliphatic carbocycles. The number of carbonyl (C=O) groups excluding carboxylic acids is 1. The van der Waals surface area contributed by atoms with Crippen molar-refractivity contribution in [1.29, 1.82) is 0 Å². The number of ether oxygens (including phenoxy) is 5. The van der Waals surface area contributed by atoms with E-state index < -0.39 is 11.9 Å². The summed E-state index contributed by atoms with van der Waals surface area (Å²) < 4.78 is 26.6. The average molecular weight is 416 g/mol. The Labute approximate surface area is 174 Å². The standard InChI is InChI=1S/C22H24O8/c1-13(15-11-18(27-3)22(29-5)19(12-15)28-4)14-6-7-16(26-2)17(10-14)30-21(25)9-8-20(23)24/h6-7,10-12H,1,8-9H2,2-5H3,(H,23,24). The number of rotatable bonds is 10. The van der Waals surface area contributed by atoms with Gasteiger partial charge in [-0.3, -0.25) is 9.59 Å². The van der Waals surface area contributed by atoms with Crippen LogP contribution in [0.5, 0.6) is 28.7 Å². The van der Waals surface area contributed by atoms with Crippen LogP contribution in [-0.4, -0.2) is 45.5 Å². The Morgan fingerprint density at radius 1 is 0.800 bits per heavy atom. The predicted octanol–water partition coefficient (Wildman–Crippen LogP) is 3.55. The number of hydrogen-bond acceptors (Lipinski definition) is 7. The van der Waals surface area contributed by atoms with Crippen LogP contribution in [0, 0.1) is 0 Å². The normalized spacial score (nSPS) is 10.1. The minimum Gasteiger partial charge on any atom is -0.493 e. The minimum absolute atomic E-state index is 0.166. The highest BCUT2D eigenvalue weighted by atomic mass is 16.6. The maximum atomic E-state index is 12.0. The zero-order valence-corrected chi connectivity index (χ0v) is 17.3. The van der Waals surface area contributed by atoms with Gasteiger partial charge < -0.3 is 28.8 Å². The molecule has 0 aliphatic rings. The lowest BCUT2D eigenvalue weighted by atomic mass is 9.98. The number of carbonyl (C=O) groups is 2. The van der Waals surface area contributed by atoms with Gasteiger partial charge in [0.1, 0.15) is 0 Å². The molecule has 0 aliphatic heterocycles. The van der Waals surface area contributed by atoms with Gasteiger partial charge in [-0.2, -0.15) is 0 Å². The highest BCUT2D eigenvalue weighted by Gasteiger charge is 2.17. The molecule has 0 bridgehead atoms. The summed E-state index contributed by atoms with van der Waals surface area (Å²) in [6.07, 6.45) is -0.574. The van der Waals surface area contributed by atoms with E-state index in [1.807, 2.05) is 0 Å². The summed E-state index contributed by atoms with van der Waals surface area (Å²) in [7, 11) is 6.00. The van der Waals surface area contributed by atoms with E-state index in [4.69, 9.17) is 28.8 Å².